The van der Waals surface area contributed by atoms with Crippen LogP contribution in [0.4, 0.5) is 5.69 Å². The van der Waals surface area contributed by atoms with Crippen molar-refractivity contribution in [2.45, 2.75) is 137 Å². The first-order valence-corrected chi connectivity index (χ1v) is 23.0. The van der Waals surface area contributed by atoms with E-state index in [4.69, 9.17) is 4.74 Å². The average Bonchev–Trinajstić information content (AvgIpc) is 3.83. The SMILES string of the molecule is CCCCCCCCn1c(C)c(C(=CC2(c3ccc(N(CC)CC)cc3)OC(=O)c3ccccc32)c2c(C)n(CCCCCCCC)c3ccccc23)c2ccccc21. The summed E-state index contributed by atoms with van der Waals surface area (Å²) in [5, 5.41) is 2.47. The van der Waals surface area contributed by atoms with Crippen molar-refractivity contribution < 1.29 is 9.53 Å². The van der Waals surface area contributed by atoms with E-state index in [1.54, 1.807) is 0 Å². The van der Waals surface area contributed by atoms with Gasteiger partial charge >= 0.3 is 5.97 Å². The van der Waals surface area contributed by atoms with E-state index in [0.29, 0.717) is 5.56 Å². The Hall–Kier alpha value is -5.03. The van der Waals surface area contributed by atoms with E-state index in [9.17, 15) is 4.79 Å². The first-order chi connectivity index (χ1) is 28.9. The van der Waals surface area contributed by atoms with Gasteiger partial charge in [0.15, 0.2) is 5.60 Å². The van der Waals surface area contributed by atoms with Crippen molar-refractivity contribution in [3.8, 4) is 0 Å². The number of unbranched alkanes of at least 4 members (excludes halogenated alkanes) is 10. The molecule has 0 N–H and O–H groups in total. The van der Waals surface area contributed by atoms with Crippen molar-refractivity contribution in [3.63, 3.8) is 0 Å². The predicted molar refractivity (Wildman–Crippen MR) is 250 cm³/mol. The van der Waals surface area contributed by atoms with Gasteiger partial charge in [-0.15, -0.1) is 0 Å². The highest BCUT2D eigenvalue weighted by molar-refractivity contribution is 6.07. The standard InChI is InChI=1S/C54H67N3O2/c1-7-11-13-15-17-25-37-56-40(5)51(45-28-20-23-31-49(45)56)47(52-41(6)57(38-26-18-16-14-12-8-2)50-32-24-21-29-46(50)52)39-54(48-30-22-19-27-44(48)53(58)59-54)42-33-35-43(36-34-42)55(9-3)10-4/h19-24,27-36,39H,7-18,25-26,37-38H2,1-6H3. The monoisotopic (exact) mass is 790 g/mol. The molecule has 0 spiro atoms. The number of cyclic esters (lactones) is 1. The third-order valence-corrected chi connectivity index (χ3v) is 13.0. The lowest BCUT2D eigenvalue weighted by atomic mass is 9.81. The van der Waals surface area contributed by atoms with Crippen LogP contribution < -0.4 is 4.90 Å². The van der Waals surface area contributed by atoms with Gasteiger partial charge in [-0.2, -0.15) is 0 Å². The van der Waals surface area contributed by atoms with Crippen LogP contribution in [-0.2, 0) is 23.4 Å². The molecule has 1 atom stereocenters. The molecule has 0 amide bonds. The molecule has 0 saturated heterocycles. The van der Waals surface area contributed by atoms with E-state index in [1.165, 1.54) is 109 Å². The van der Waals surface area contributed by atoms with Gasteiger partial charge in [-0.25, -0.2) is 4.79 Å². The molecule has 6 aromatic rings. The van der Waals surface area contributed by atoms with E-state index < -0.39 is 5.60 Å². The molecule has 5 nitrogen and oxygen atoms in total. The quantitative estimate of drug-likeness (QED) is 0.0538. The summed E-state index contributed by atoms with van der Waals surface area (Å²) in [6, 6.07) is 34.7. The second kappa shape index (κ2) is 19.4. The predicted octanol–water partition coefficient (Wildman–Crippen LogP) is 14.3. The molecule has 7 rings (SSSR count). The molecule has 1 aliphatic rings. The van der Waals surface area contributed by atoms with Gasteiger partial charge in [0, 0.05) is 87.3 Å². The minimum Gasteiger partial charge on any atom is -0.441 e. The number of hydrogen-bond acceptors (Lipinski definition) is 3. The number of nitrogens with zero attached hydrogens (tertiary/aromatic N) is 3. The molecule has 1 aliphatic heterocycles. The van der Waals surface area contributed by atoms with Crippen molar-refractivity contribution in [3.05, 3.63) is 142 Å². The minimum absolute atomic E-state index is 0.284. The van der Waals surface area contributed by atoms with Crippen LogP contribution in [0.2, 0.25) is 0 Å². The molecule has 0 radical (unpaired) electrons. The summed E-state index contributed by atoms with van der Waals surface area (Å²) in [4.78, 5) is 16.5. The fourth-order valence-corrected chi connectivity index (χ4v) is 9.85. The molecule has 310 valence electrons. The highest BCUT2D eigenvalue weighted by atomic mass is 16.6. The summed E-state index contributed by atoms with van der Waals surface area (Å²) >= 11 is 0. The summed E-state index contributed by atoms with van der Waals surface area (Å²) < 4.78 is 11.9. The molecule has 2 aromatic heterocycles. The summed E-state index contributed by atoms with van der Waals surface area (Å²) in [6.07, 6.45) is 17.4. The molecule has 0 aliphatic carbocycles. The van der Waals surface area contributed by atoms with E-state index in [0.717, 1.165) is 61.4 Å². The molecule has 0 bridgehead atoms. The summed E-state index contributed by atoms with van der Waals surface area (Å²) in [5.74, 6) is -0.284. The van der Waals surface area contributed by atoms with Crippen molar-refractivity contribution >= 4 is 39.0 Å². The lowest BCUT2D eigenvalue weighted by Crippen LogP contribution is -2.27. The Kier molecular flexibility index (Phi) is 13.8. The van der Waals surface area contributed by atoms with E-state index in [1.807, 2.05) is 18.2 Å². The van der Waals surface area contributed by atoms with Crippen molar-refractivity contribution in [2.24, 2.45) is 0 Å². The number of ether oxygens (including phenoxy) is 1. The maximum absolute atomic E-state index is 14.1. The van der Waals surface area contributed by atoms with Crippen molar-refractivity contribution in [1.82, 2.24) is 9.13 Å². The normalized spacial score (nSPS) is 14.9. The van der Waals surface area contributed by atoms with E-state index in [2.05, 4.69) is 141 Å². The molecule has 4 aromatic carbocycles. The zero-order valence-electron chi connectivity index (χ0n) is 36.8. The second-order valence-corrected chi connectivity index (χ2v) is 16.7. The summed E-state index contributed by atoms with van der Waals surface area (Å²) in [6.45, 7) is 17.4. The number of carbonyl (C=O) groups excluding carboxylic acids is 1. The van der Waals surface area contributed by atoms with Gasteiger partial charge in [-0.1, -0.05) is 145 Å². The summed E-state index contributed by atoms with van der Waals surface area (Å²) in [5.41, 5.74) is 11.1. The average molecular weight is 790 g/mol. The molecular weight excluding hydrogens is 723 g/mol. The van der Waals surface area contributed by atoms with Crippen molar-refractivity contribution in [2.75, 3.05) is 18.0 Å². The summed E-state index contributed by atoms with van der Waals surface area (Å²) in [7, 11) is 0. The highest BCUT2D eigenvalue weighted by Crippen LogP contribution is 2.49. The van der Waals surface area contributed by atoms with Gasteiger partial charge in [0.1, 0.15) is 0 Å². The molecule has 5 heteroatoms. The molecule has 59 heavy (non-hydrogen) atoms. The van der Waals surface area contributed by atoms with Gasteiger partial charge in [0.2, 0.25) is 0 Å². The van der Waals surface area contributed by atoms with Gasteiger partial charge < -0.3 is 18.8 Å². The Morgan fingerprint density at radius 1 is 0.593 bits per heavy atom. The minimum atomic E-state index is -1.14. The molecule has 0 fully saturated rings. The molecule has 1 unspecified atom stereocenters. The lowest BCUT2D eigenvalue weighted by Gasteiger charge is -2.29. The topological polar surface area (TPSA) is 39.4 Å². The number of esters is 1. The third kappa shape index (κ3) is 8.40. The third-order valence-electron chi connectivity index (χ3n) is 13.0. The number of aryl methyl sites for hydroxylation is 2. The number of benzene rings is 4. The molecular formula is C54H67N3O2. The number of fused-ring (bicyclic) bond motifs is 3. The number of carbonyl (C=O) groups is 1. The maximum atomic E-state index is 14.1. The number of rotatable bonds is 21. The second-order valence-electron chi connectivity index (χ2n) is 16.7. The molecule has 0 saturated carbocycles. The zero-order valence-corrected chi connectivity index (χ0v) is 36.8. The Labute approximate surface area is 354 Å². The van der Waals surface area contributed by atoms with E-state index in [-0.39, 0.29) is 5.97 Å². The molecule has 3 heterocycles. The first kappa shape index (κ1) is 42.1. The number of hydrogen-bond donors (Lipinski definition) is 0. The zero-order chi connectivity index (χ0) is 41.4. The van der Waals surface area contributed by atoms with Crippen LogP contribution in [0.3, 0.4) is 0 Å². The maximum Gasteiger partial charge on any atom is 0.340 e. The van der Waals surface area contributed by atoms with Gasteiger partial charge in [-0.05, 0) is 82.5 Å². The van der Waals surface area contributed by atoms with Gasteiger partial charge in [0.25, 0.3) is 0 Å². The fourth-order valence-electron chi connectivity index (χ4n) is 9.85. The number of aromatic nitrogens is 2. The first-order valence-electron chi connectivity index (χ1n) is 23.0. The van der Waals surface area contributed by atoms with Crippen LogP contribution in [0, 0.1) is 13.8 Å². The van der Waals surface area contributed by atoms with Gasteiger partial charge in [-0.3, -0.25) is 0 Å². The van der Waals surface area contributed by atoms with Crippen LogP contribution in [-0.4, -0.2) is 28.2 Å². The van der Waals surface area contributed by atoms with E-state index >= 15 is 0 Å². The van der Waals surface area contributed by atoms with Crippen LogP contribution in [0.15, 0.2) is 103 Å². The van der Waals surface area contributed by atoms with Gasteiger partial charge in [0.05, 0.1) is 5.56 Å². The Morgan fingerprint density at radius 2 is 1.07 bits per heavy atom. The lowest BCUT2D eigenvalue weighted by molar-refractivity contribution is 0.0276. The Morgan fingerprint density at radius 3 is 1.59 bits per heavy atom. The fraction of sp³-hybridized carbons (Fsp3) is 0.426. The van der Waals surface area contributed by atoms with Crippen LogP contribution >= 0.6 is 0 Å². The Balaban J connectivity index is 1.48. The highest BCUT2D eigenvalue weighted by Gasteiger charge is 2.46. The van der Waals surface area contributed by atoms with Crippen LogP contribution in [0.5, 0.6) is 0 Å². The Bertz CT molecular complexity index is 2270. The smallest absolute Gasteiger partial charge is 0.340 e. The number of anilines is 1. The van der Waals surface area contributed by atoms with Crippen LogP contribution in [0.1, 0.15) is 149 Å². The van der Waals surface area contributed by atoms with Crippen molar-refractivity contribution in [1.29, 1.82) is 0 Å². The number of para-hydroxylation sites is 2. The van der Waals surface area contributed by atoms with Crippen LogP contribution in [0.25, 0.3) is 27.4 Å². The largest absolute Gasteiger partial charge is 0.441 e.